The lowest BCUT2D eigenvalue weighted by Crippen LogP contribution is -2.30. The van der Waals surface area contributed by atoms with E-state index < -0.39 is 0 Å². The molecule has 1 aliphatic carbocycles. The van der Waals surface area contributed by atoms with Gasteiger partial charge in [-0.3, -0.25) is 0 Å². The summed E-state index contributed by atoms with van der Waals surface area (Å²) < 4.78 is 10.6. The van der Waals surface area contributed by atoms with Crippen molar-refractivity contribution in [3.8, 4) is 0 Å². The Kier molecular flexibility index (Phi) is 8.64. The maximum atomic E-state index is 10.0. The Morgan fingerprint density at radius 1 is 1.11 bits per heavy atom. The molecule has 0 amide bonds. The number of aliphatic hydroxyl groups excluding tert-OH is 1. The van der Waals surface area contributed by atoms with Crippen molar-refractivity contribution in [2.75, 3.05) is 26.9 Å². The van der Waals surface area contributed by atoms with E-state index in [1.54, 1.807) is 7.11 Å². The quantitative estimate of drug-likeness (QED) is 0.646. The minimum atomic E-state index is -0.0966. The molecule has 108 valence electrons. The van der Waals surface area contributed by atoms with Crippen LogP contribution >= 0.6 is 0 Å². The SMILES string of the molecule is CCCC1CCC(O)C(CCOCCCOC)C1. The van der Waals surface area contributed by atoms with Crippen molar-refractivity contribution in [2.24, 2.45) is 11.8 Å². The first-order valence-corrected chi connectivity index (χ1v) is 7.52. The molecule has 0 bridgehead atoms. The molecule has 1 fully saturated rings. The van der Waals surface area contributed by atoms with Gasteiger partial charge in [0.2, 0.25) is 0 Å². The largest absolute Gasteiger partial charge is 0.393 e. The summed E-state index contributed by atoms with van der Waals surface area (Å²) in [6.07, 6.45) is 7.84. The third-order valence-corrected chi connectivity index (χ3v) is 4.02. The number of ether oxygens (including phenoxy) is 2. The highest BCUT2D eigenvalue weighted by Crippen LogP contribution is 2.33. The molecule has 3 nitrogen and oxygen atoms in total. The van der Waals surface area contributed by atoms with Crippen molar-refractivity contribution in [3.63, 3.8) is 0 Å². The summed E-state index contributed by atoms with van der Waals surface area (Å²) >= 11 is 0. The molecule has 0 heterocycles. The van der Waals surface area contributed by atoms with E-state index in [9.17, 15) is 5.11 Å². The molecule has 0 aromatic carbocycles. The van der Waals surface area contributed by atoms with E-state index in [4.69, 9.17) is 9.47 Å². The second kappa shape index (κ2) is 9.76. The minimum Gasteiger partial charge on any atom is -0.393 e. The van der Waals surface area contributed by atoms with Crippen LogP contribution in [0.1, 0.15) is 51.9 Å². The number of aliphatic hydroxyl groups is 1. The van der Waals surface area contributed by atoms with Crippen molar-refractivity contribution in [3.05, 3.63) is 0 Å². The van der Waals surface area contributed by atoms with Gasteiger partial charge in [0, 0.05) is 26.9 Å². The van der Waals surface area contributed by atoms with Crippen LogP contribution in [0.15, 0.2) is 0 Å². The fourth-order valence-corrected chi connectivity index (χ4v) is 2.97. The van der Waals surface area contributed by atoms with Crippen molar-refractivity contribution >= 4 is 0 Å². The van der Waals surface area contributed by atoms with Crippen LogP contribution in [-0.2, 0) is 9.47 Å². The molecule has 1 saturated carbocycles. The Morgan fingerprint density at radius 2 is 1.94 bits per heavy atom. The standard InChI is InChI=1S/C15H30O3/c1-3-5-13-6-7-15(16)14(12-13)8-11-18-10-4-9-17-2/h13-16H,3-12H2,1-2H3. The van der Waals surface area contributed by atoms with Gasteiger partial charge in [-0.2, -0.15) is 0 Å². The van der Waals surface area contributed by atoms with E-state index in [-0.39, 0.29) is 6.10 Å². The van der Waals surface area contributed by atoms with Gasteiger partial charge in [-0.15, -0.1) is 0 Å². The van der Waals surface area contributed by atoms with Crippen molar-refractivity contribution in [1.82, 2.24) is 0 Å². The lowest BCUT2D eigenvalue weighted by Gasteiger charge is -2.33. The van der Waals surface area contributed by atoms with Gasteiger partial charge in [0.15, 0.2) is 0 Å². The number of hydrogen-bond donors (Lipinski definition) is 1. The molecule has 1 rings (SSSR count). The molecule has 3 unspecified atom stereocenters. The van der Waals surface area contributed by atoms with Crippen molar-refractivity contribution in [1.29, 1.82) is 0 Å². The van der Waals surface area contributed by atoms with Gasteiger partial charge in [-0.1, -0.05) is 19.8 Å². The first-order chi connectivity index (χ1) is 8.77. The van der Waals surface area contributed by atoms with Gasteiger partial charge in [0.1, 0.15) is 0 Å². The van der Waals surface area contributed by atoms with Crippen molar-refractivity contribution in [2.45, 2.75) is 58.0 Å². The summed E-state index contributed by atoms with van der Waals surface area (Å²) in [6.45, 7) is 4.57. The molecule has 3 atom stereocenters. The molecule has 0 aromatic rings. The molecule has 0 saturated heterocycles. The summed E-state index contributed by atoms with van der Waals surface area (Å²) in [5.41, 5.74) is 0. The molecule has 1 N–H and O–H groups in total. The van der Waals surface area contributed by atoms with Crippen LogP contribution in [0.5, 0.6) is 0 Å². The van der Waals surface area contributed by atoms with E-state index in [0.29, 0.717) is 5.92 Å². The van der Waals surface area contributed by atoms with Crippen LogP contribution in [0.25, 0.3) is 0 Å². The zero-order valence-electron chi connectivity index (χ0n) is 12.1. The average Bonchev–Trinajstić information content (AvgIpc) is 2.37. The molecular weight excluding hydrogens is 228 g/mol. The average molecular weight is 258 g/mol. The number of methoxy groups -OCH3 is 1. The van der Waals surface area contributed by atoms with Gasteiger partial charge in [-0.05, 0) is 43.9 Å². The molecular formula is C15H30O3. The van der Waals surface area contributed by atoms with Gasteiger partial charge < -0.3 is 14.6 Å². The molecule has 1 aliphatic rings. The molecule has 0 aliphatic heterocycles. The highest BCUT2D eigenvalue weighted by Gasteiger charge is 2.28. The topological polar surface area (TPSA) is 38.7 Å². The highest BCUT2D eigenvalue weighted by atomic mass is 16.5. The predicted octanol–water partition coefficient (Wildman–Crippen LogP) is 3.01. The fourth-order valence-electron chi connectivity index (χ4n) is 2.97. The lowest BCUT2D eigenvalue weighted by molar-refractivity contribution is 0.0194. The van der Waals surface area contributed by atoms with Gasteiger partial charge >= 0.3 is 0 Å². The Balaban J connectivity index is 2.10. The first-order valence-electron chi connectivity index (χ1n) is 7.52. The van der Waals surface area contributed by atoms with Gasteiger partial charge in [-0.25, -0.2) is 0 Å². The Morgan fingerprint density at radius 3 is 2.67 bits per heavy atom. The zero-order chi connectivity index (χ0) is 13.2. The summed E-state index contributed by atoms with van der Waals surface area (Å²) in [6, 6.07) is 0. The summed E-state index contributed by atoms with van der Waals surface area (Å²) in [5.74, 6) is 1.29. The fraction of sp³-hybridized carbons (Fsp3) is 1.00. The molecule has 0 radical (unpaired) electrons. The zero-order valence-corrected chi connectivity index (χ0v) is 12.1. The molecule has 3 heteroatoms. The predicted molar refractivity (Wildman–Crippen MR) is 73.7 cm³/mol. The van der Waals surface area contributed by atoms with Crippen LogP contribution in [0.2, 0.25) is 0 Å². The second-order valence-electron chi connectivity index (χ2n) is 5.54. The smallest absolute Gasteiger partial charge is 0.0569 e. The van der Waals surface area contributed by atoms with Crippen LogP contribution in [-0.4, -0.2) is 38.1 Å². The summed E-state index contributed by atoms with van der Waals surface area (Å²) in [5, 5.41) is 10.0. The van der Waals surface area contributed by atoms with E-state index >= 15 is 0 Å². The van der Waals surface area contributed by atoms with E-state index in [1.807, 2.05) is 0 Å². The third-order valence-electron chi connectivity index (χ3n) is 4.02. The maximum absolute atomic E-state index is 10.0. The first kappa shape index (κ1) is 15.9. The number of rotatable bonds is 9. The molecule has 18 heavy (non-hydrogen) atoms. The summed E-state index contributed by atoms with van der Waals surface area (Å²) in [7, 11) is 1.71. The van der Waals surface area contributed by atoms with Crippen LogP contribution in [0.3, 0.4) is 0 Å². The van der Waals surface area contributed by atoms with Gasteiger partial charge in [0.05, 0.1) is 6.10 Å². The monoisotopic (exact) mass is 258 g/mol. The van der Waals surface area contributed by atoms with E-state index in [0.717, 1.165) is 45.0 Å². The van der Waals surface area contributed by atoms with Crippen LogP contribution in [0, 0.1) is 11.8 Å². The van der Waals surface area contributed by atoms with Crippen LogP contribution in [0.4, 0.5) is 0 Å². The van der Waals surface area contributed by atoms with Gasteiger partial charge in [0.25, 0.3) is 0 Å². The third kappa shape index (κ3) is 6.17. The maximum Gasteiger partial charge on any atom is 0.0569 e. The van der Waals surface area contributed by atoms with E-state index in [2.05, 4.69) is 6.92 Å². The Labute approximate surface area is 112 Å². The minimum absolute atomic E-state index is 0.0966. The molecule has 0 aromatic heterocycles. The Hall–Kier alpha value is -0.120. The van der Waals surface area contributed by atoms with E-state index in [1.165, 1.54) is 25.7 Å². The summed E-state index contributed by atoms with van der Waals surface area (Å²) in [4.78, 5) is 0. The second-order valence-corrected chi connectivity index (χ2v) is 5.54. The highest BCUT2D eigenvalue weighted by molar-refractivity contribution is 4.79. The lowest BCUT2D eigenvalue weighted by atomic mass is 9.76. The Bertz CT molecular complexity index is 196. The number of hydrogen-bond acceptors (Lipinski definition) is 3. The molecule has 0 spiro atoms. The normalized spacial score (nSPS) is 28.5. The van der Waals surface area contributed by atoms with Crippen LogP contribution < -0.4 is 0 Å². The van der Waals surface area contributed by atoms with Crippen molar-refractivity contribution < 1.29 is 14.6 Å².